The smallest absolute Gasteiger partial charge is 0.303 e. The number of carbonyl (C=O) groups is 2. The van der Waals surface area contributed by atoms with Crippen molar-refractivity contribution in [1.29, 1.82) is 0 Å². The van der Waals surface area contributed by atoms with Gasteiger partial charge in [0.05, 0.1) is 17.8 Å². The van der Waals surface area contributed by atoms with Crippen molar-refractivity contribution in [2.24, 2.45) is 5.11 Å². The first kappa shape index (κ1) is 25.1. The number of hydrogen-bond acceptors (Lipinski definition) is 5. The third-order valence-corrected chi connectivity index (χ3v) is 6.19. The predicted molar refractivity (Wildman–Crippen MR) is 130 cm³/mol. The Morgan fingerprint density at radius 1 is 1.12 bits per heavy atom. The van der Waals surface area contributed by atoms with Crippen LogP contribution in [0, 0.1) is 13.8 Å². The third-order valence-electron chi connectivity index (χ3n) is 6.19. The van der Waals surface area contributed by atoms with Gasteiger partial charge < -0.3 is 14.9 Å². The van der Waals surface area contributed by atoms with E-state index in [1.165, 1.54) is 0 Å². The van der Waals surface area contributed by atoms with E-state index in [2.05, 4.69) is 32.2 Å². The molecule has 1 fully saturated rings. The van der Waals surface area contributed by atoms with Crippen LogP contribution in [-0.2, 0) is 9.59 Å². The number of aryl methyl sites for hydroxylation is 2. The van der Waals surface area contributed by atoms with Crippen LogP contribution in [0.5, 0.6) is 0 Å². The maximum absolute atomic E-state index is 12.5. The van der Waals surface area contributed by atoms with Crippen molar-refractivity contribution in [2.45, 2.75) is 52.4 Å². The third kappa shape index (κ3) is 6.51. The number of carbonyl (C=O) groups excluding carboxylic acids is 1. The number of rotatable bonds is 10. The van der Waals surface area contributed by atoms with Crippen LogP contribution in [0.3, 0.4) is 0 Å². The van der Waals surface area contributed by atoms with Crippen LogP contribution in [0.2, 0.25) is 0 Å². The molecule has 34 heavy (non-hydrogen) atoms. The zero-order valence-corrected chi connectivity index (χ0v) is 20.1. The van der Waals surface area contributed by atoms with Gasteiger partial charge in [0.2, 0.25) is 5.91 Å². The van der Waals surface area contributed by atoms with Crippen LogP contribution in [0.4, 0.5) is 5.69 Å². The minimum absolute atomic E-state index is 0.0575. The highest BCUT2D eigenvalue weighted by molar-refractivity contribution is 5.76. The standard InChI is InChI=1S/C24H33N7O3/c1-17(12-24(33)34)20-14-21(16-22(15-20)31-19(3)13-18(2)27-31)29-8-10-30(11-9-29)23(32)6-4-5-7-26-28-25/h13-17H,4-12H2,1-3H3,(H,33,34). The minimum Gasteiger partial charge on any atom is -0.481 e. The molecule has 1 amide bonds. The molecule has 1 aromatic heterocycles. The fourth-order valence-corrected chi connectivity index (χ4v) is 4.35. The van der Waals surface area contributed by atoms with Gasteiger partial charge in [-0.1, -0.05) is 12.0 Å². The summed E-state index contributed by atoms with van der Waals surface area (Å²) < 4.78 is 1.89. The molecule has 10 heteroatoms. The molecule has 0 saturated carbocycles. The van der Waals surface area contributed by atoms with E-state index in [0.717, 1.165) is 28.3 Å². The highest BCUT2D eigenvalue weighted by Crippen LogP contribution is 2.29. The van der Waals surface area contributed by atoms with Gasteiger partial charge in [0, 0.05) is 55.4 Å². The lowest BCUT2D eigenvalue weighted by atomic mass is 9.96. The molecule has 1 aliphatic heterocycles. The fourth-order valence-electron chi connectivity index (χ4n) is 4.35. The highest BCUT2D eigenvalue weighted by Gasteiger charge is 2.23. The molecule has 10 nitrogen and oxygen atoms in total. The number of carboxylic acids is 1. The number of carboxylic acid groups (broad SMARTS) is 1. The normalized spacial score (nSPS) is 14.6. The lowest BCUT2D eigenvalue weighted by Crippen LogP contribution is -2.48. The van der Waals surface area contributed by atoms with Crippen LogP contribution >= 0.6 is 0 Å². The number of hydrogen-bond donors (Lipinski definition) is 1. The summed E-state index contributed by atoms with van der Waals surface area (Å²) in [5.74, 6) is -0.828. The van der Waals surface area contributed by atoms with Gasteiger partial charge in [0.1, 0.15) is 0 Å². The topological polar surface area (TPSA) is 127 Å². The van der Waals surface area contributed by atoms with E-state index in [1.54, 1.807) is 0 Å². The Balaban J connectivity index is 1.74. The van der Waals surface area contributed by atoms with E-state index >= 15 is 0 Å². The number of unbranched alkanes of at least 4 members (excludes halogenated alkanes) is 1. The average Bonchev–Trinajstić information content (AvgIpc) is 3.16. The number of aromatic nitrogens is 2. The van der Waals surface area contributed by atoms with E-state index in [9.17, 15) is 14.7 Å². The summed E-state index contributed by atoms with van der Waals surface area (Å²) in [7, 11) is 0. The largest absolute Gasteiger partial charge is 0.481 e. The van der Waals surface area contributed by atoms with Gasteiger partial charge in [-0.3, -0.25) is 9.59 Å². The van der Waals surface area contributed by atoms with Crippen molar-refractivity contribution in [3.63, 3.8) is 0 Å². The molecule has 0 radical (unpaired) electrons. The second kappa shape index (κ2) is 11.6. The van der Waals surface area contributed by atoms with Crippen LogP contribution in [0.25, 0.3) is 16.1 Å². The molecule has 1 unspecified atom stereocenters. The molecule has 2 heterocycles. The quantitative estimate of drug-likeness (QED) is 0.242. The minimum atomic E-state index is -0.822. The molecule has 0 bridgehead atoms. The Morgan fingerprint density at radius 2 is 1.82 bits per heavy atom. The molecule has 1 aliphatic rings. The predicted octanol–water partition coefficient (Wildman–Crippen LogP) is 4.20. The summed E-state index contributed by atoms with van der Waals surface area (Å²) in [6, 6.07) is 8.19. The Labute approximate surface area is 199 Å². The Kier molecular flexibility index (Phi) is 8.54. The SMILES string of the molecule is Cc1cc(C)n(-c2cc(C(C)CC(=O)O)cc(N3CCN(C(=O)CCCCN=[N+]=[N-])CC3)c2)n1. The molecule has 0 aliphatic carbocycles. The van der Waals surface area contributed by atoms with Crippen LogP contribution < -0.4 is 4.90 Å². The number of piperazine rings is 1. The number of nitrogens with zero attached hydrogens (tertiary/aromatic N) is 7. The van der Waals surface area contributed by atoms with Crippen molar-refractivity contribution < 1.29 is 14.7 Å². The molecule has 1 aromatic carbocycles. The van der Waals surface area contributed by atoms with Gasteiger partial charge in [0.25, 0.3) is 0 Å². The van der Waals surface area contributed by atoms with Crippen LogP contribution in [0.15, 0.2) is 29.4 Å². The van der Waals surface area contributed by atoms with Gasteiger partial charge >= 0.3 is 5.97 Å². The molecule has 1 N–H and O–H groups in total. The zero-order valence-electron chi connectivity index (χ0n) is 20.1. The van der Waals surface area contributed by atoms with Gasteiger partial charge in [-0.25, -0.2) is 4.68 Å². The second-order valence-electron chi connectivity index (χ2n) is 8.90. The number of azide groups is 1. The van der Waals surface area contributed by atoms with Crippen molar-refractivity contribution in [3.8, 4) is 5.69 Å². The van der Waals surface area contributed by atoms with Crippen LogP contribution in [-0.4, -0.2) is 64.4 Å². The monoisotopic (exact) mass is 467 g/mol. The van der Waals surface area contributed by atoms with E-state index < -0.39 is 5.97 Å². The van der Waals surface area contributed by atoms with E-state index in [1.807, 2.05) is 42.5 Å². The lowest BCUT2D eigenvalue weighted by molar-refractivity contribution is -0.137. The van der Waals surface area contributed by atoms with Gasteiger partial charge in [-0.15, -0.1) is 0 Å². The second-order valence-corrected chi connectivity index (χ2v) is 8.90. The molecule has 1 atom stereocenters. The first-order valence-electron chi connectivity index (χ1n) is 11.7. The lowest BCUT2D eigenvalue weighted by Gasteiger charge is -2.36. The molecular formula is C24H33N7O3. The highest BCUT2D eigenvalue weighted by atomic mass is 16.4. The average molecular weight is 468 g/mol. The van der Waals surface area contributed by atoms with Crippen molar-refractivity contribution in [1.82, 2.24) is 14.7 Å². The zero-order chi connectivity index (χ0) is 24.7. The molecular weight excluding hydrogens is 434 g/mol. The number of amides is 1. The summed E-state index contributed by atoms with van der Waals surface area (Å²) in [5, 5.41) is 17.4. The summed E-state index contributed by atoms with van der Waals surface area (Å²) in [4.78, 5) is 30.7. The van der Waals surface area contributed by atoms with Crippen molar-refractivity contribution in [2.75, 3.05) is 37.6 Å². The van der Waals surface area contributed by atoms with Gasteiger partial charge in [0.15, 0.2) is 0 Å². The van der Waals surface area contributed by atoms with E-state index in [0.29, 0.717) is 52.0 Å². The fraction of sp³-hybridized carbons (Fsp3) is 0.542. The maximum atomic E-state index is 12.5. The molecule has 0 spiro atoms. The van der Waals surface area contributed by atoms with Gasteiger partial charge in [-0.2, -0.15) is 5.10 Å². The molecule has 1 saturated heterocycles. The van der Waals surface area contributed by atoms with Crippen molar-refractivity contribution >= 4 is 17.6 Å². The van der Waals surface area contributed by atoms with E-state index in [4.69, 9.17) is 5.53 Å². The maximum Gasteiger partial charge on any atom is 0.303 e. The molecule has 2 aromatic rings. The Morgan fingerprint density at radius 3 is 2.44 bits per heavy atom. The molecule has 182 valence electrons. The summed E-state index contributed by atoms with van der Waals surface area (Å²) in [6.45, 7) is 9.00. The number of aliphatic carboxylic acids is 1. The number of anilines is 1. The first-order chi connectivity index (χ1) is 16.3. The Hall–Kier alpha value is -3.52. The van der Waals surface area contributed by atoms with Crippen molar-refractivity contribution in [3.05, 3.63) is 51.7 Å². The van der Waals surface area contributed by atoms with Crippen LogP contribution in [0.1, 0.15) is 55.5 Å². The summed E-state index contributed by atoms with van der Waals surface area (Å²) in [5.41, 5.74) is 13.2. The number of benzene rings is 1. The molecule has 3 rings (SSSR count). The first-order valence-corrected chi connectivity index (χ1v) is 11.7. The Bertz CT molecular complexity index is 1070. The summed E-state index contributed by atoms with van der Waals surface area (Å²) in [6.07, 6.45) is 1.95. The van der Waals surface area contributed by atoms with E-state index in [-0.39, 0.29) is 18.2 Å². The summed E-state index contributed by atoms with van der Waals surface area (Å²) >= 11 is 0. The van der Waals surface area contributed by atoms with Gasteiger partial charge in [-0.05, 0) is 68.0 Å².